The maximum atomic E-state index is 9.00. The van der Waals surface area contributed by atoms with Gasteiger partial charge in [0.2, 0.25) is 0 Å². The molecule has 2 atom stereocenters. The molecule has 0 radical (unpaired) electrons. The van der Waals surface area contributed by atoms with E-state index in [-0.39, 0.29) is 12.7 Å². The van der Waals surface area contributed by atoms with E-state index in [9.17, 15) is 0 Å². The molecular formula is C12H25NO2. The highest BCUT2D eigenvalue weighted by molar-refractivity contribution is 4.78. The van der Waals surface area contributed by atoms with Crippen molar-refractivity contribution in [2.45, 2.75) is 64.8 Å². The molecule has 1 rings (SSSR count). The number of hydrogen-bond donors (Lipinski definition) is 1. The molecule has 0 aliphatic carbocycles. The number of rotatable bonds is 5. The second-order valence-corrected chi connectivity index (χ2v) is 5.02. The van der Waals surface area contributed by atoms with Crippen molar-refractivity contribution in [3.05, 3.63) is 0 Å². The van der Waals surface area contributed by atoms with Gasteiger partial charge in [0.1, 0.15) is 0 Å². The lowest BCUT2D eigenvalue weighted by atomic mass is 10.1. The standard InChI is InChI=1S/C12H25NO2/c1-9(2)13(10(3)4)7-11-5-6-12(8-14)15-11/h9-12,14H,5-8H2,1-4H3/t11-,12+/m0/s1. The van der Waals surface area contributed by atoms with Crippen molar-refractivity contribution in [1.29, 1.82) is 0 Å². The van der Waals surface area contributed by atoms with E-state index < -0.39 is 0 Å². The van der Waals surface area contributed by atoms with E-state index in [1.807, 2.05) is 0 Å². The van der Waals surface area contributed by atoms with Crippen molar-refractivity contribution in [2.75, 3.05) is 13.2 Å². The van der Waals surface area contributed by atoms with Crippen LogP contribution in [0, 0.1) is 0 Å². The first-order chi connectivity index (χ1) is 7.04. The summed E-state index contributed by atoms with van der Waals surface area (Å²) in [6, 6.07) is 1.11. The Morgan fingerprint density at radius 3 is 2.07 bits per heavy atom. The van der Waals surface area contributed by atoms with E-state index in [2.05, 4.69) is 32.6 Å². The molecule has 0 unspecified atom stereocenters. The third-order valence-electron chi connectivity index (χ3n) is 3.14. The quantitative estimate of drug-likeness (QED) is 0.757. The number of ether oxygens (including phenoxy) is 1. The Labute approximate surface area is 93.4 Å². The molecule has 0 aromatic rings. The van der Waals surface area contributed by atoms with E-state index in [0.29, 0.717) is 18.2 Å². The lowest BCUT2D eigenvalue weighted by Gasteiger charge is -2.32. The van der Waals surface area contributed by atoms with Crippen LogP contribution in [0.3, 0.4) is 0 Å². The van der Waals surface area contributed by atoms with Gasteiger partial charge in [-0.3, -0.25) is 4.90 Å². The van der Waals surface area contributed by atoms with Crippen LogP contribution in [-0.4, -0.2) is 47.4 Å². The summed E-state index contributed by atoms with van der Waals surface area (Å²) >= 11 is 0. The van der Waals surface area contributed by atoms with Crippen molar-refractivity contribution in [3.8, 4) is 0 Å². The van der Waals surface area contributed by atoms with Gasteiger partial charge in [-0.25, -0.2) is 0 Å². The second kappa shape index (κ2) is 5.83. The molecule has 0 amide bonds. The van der Waals surface area contributed by atoms with Crippen LogP contribution in [0.4, 0.5) is 0 Å². The number of aliphatic hydroxyl groups is 1. The minimum absolute atomic E-state index is 0.0798. The monoisotopic (exact) mass is 215 g/mol. The van der Waals surface area contributed by atoms with Crippen LogP contribution in [0.5, 0.6) is 0 Å². The first kappa shape index (κ1) is 12.9. The average molecular weight is 215 g/mol. The summed E-state index contributed by atoms with van der Waals surface area (Å²) in [5.41, 5.74) is 0. The van der Waals surface area contributed by atoms with Crippen LogP contribution in [0.1, 0.15) is 40.5 Å². The molecule has 0 aromatic carbocycles. The summed E-state index contributed by atoms with van der Waals surface area (Å²) in [6.07, 6.45) is 2.48. The van der Waals surface area contributed by atoms with Crippen LogP contribution in [0.25, 0.3) is 0 Å². The molecule has 1 saturated heterocycles. The molecule has 3 nitrogen and oxygen atoms in total. The predicted molar refractivity (Wildman–Crippen MR) is 62.0 cm³/mol. The van der Waals surface area contributed by atoms with Crippen molar-refractivity contribution in [3.63, 3.8) is 0 Å². The molecule has 90 valence electrons. The summed E-state index contributed by atoms with van der Waals surface area (Å²) in [5.74, 6) is 0. The van der Waals surface area contributed by atoms with Gasteiger partial charge in [-0.05, 0) is 40.5 Å². The number of nitrogens with zero attached hydrogens (tertiary/aromatic N) is 1. The molecule has 0 bridgehead atoms. The molecule has 1 heterocycles. The third kappa shape index (κ3) is 3.74. The normalized spacial score (nSPS) is 27.2. The zero-order chi connectivity index (χ0) is 11.4. The van der Waals surface area contributed by atoms with Crippen LogP contribution in [0.2, 0.25) is 0 Å². The Morgan fingerprint density at radius 2 is 1.67 bits per heavy atom. The highest BCUT2D eigenvalue weighted by atomic mass is 16.5. The largest absolute Gasteiger partial charge is 0.394 e. The summed E-state index contributed by atoms with van der Waals surface area (Å²) in [5, 5.41) is 9.00. The Hall–Kier alpha value is -0.120. The molecule has 15 heavy (non-hydrogen) atoms. The molecule has 0 spiro atoms. The third-order valence-corrected chi connectivity index (χ3v) is 3.14. The van der Waals surface area contributed by atoms with Crippen molar-refractivity contribution >= 4 is 0 Å². The first-order valence-electron chi connectivity index (χ1n) is 6.06. The highest BCUT2D eigenvalue weighted by Gasteiger charge is 2.27. The van der Waals surface area contributed by atoms with Gasteiger partial charge in [-0.2, -0.15) is 0 Å². The van der Waals surface area contributed by atoms with Crippen molar-refractivity contribution < 1.29 is 9.84 Å². The highest BCUT2D eigenvalue weighted by Crippen LogP contribution is 2.21. The summed E-state index contributed by atoms with van der Waals surface area (Å²) < 4.78 is 5.75. The van der Waals surface area contributed by atoms with E-state index in [1.54, 1.807) is 0 Å². The van der Waals surface area contributed by atoms with Gasteiger partial charge in [-0.1, -0.05) is 0 Å². The fraction of sp³-hybridized carbons (Fsp3) is 1.00. The zero-order valence-electron chi connectivity index (χ0n) is 10.4. The van der Waals surface area contributed by atoms with E-state index in [4.69, 9.17) is 9.84 Å². The van der Waals surface area contributed by atoms with E-state index in [1.165, 1.54) is 0 Å². The fourth-order valence-corrected chi connectivity index (χ4v) is 2.30. The number of hydrogen-bond acceptors (Lipinski definition) is 3. The van der Waals surface area contributed by atoms with Gasteiger partial charge in [0, 0.05) is 18.6 Å². The van der Waals surface area contributed by atoms with Gasteiger partial charge < -0.3 is 9.84 Å². The van der Waals surface area contributed by atoms with Crippen molar-refractivity contribution in [2.24, 2.45) is 0 Å². The van der Waals surface area contributed by atoms with Crippen LogP contribution in [0.15, 0.2) is 0 Å². The van der Waals surface area contributed by atoms with Gasteiger partial charge >= 0.3 is 0 Å². The molecule has 1 N–H and O–H groups in total. The lowest BCUT2D eigenvalue weighted by molar-refractivity contribution is -0.0126. The lowest BCUT2D eigenvalue weighted by Crippen LogP contribution is -2.42. The molecule has 0 saturated carbocycles. The molecule has 0 aromatic heterocycles. The Balaban J connectivity index is 2.39. The van der Waals surface area contributed by atoms with Crippen LogP contribution in [-0.2, 0) is 4.74 Å². The second-order valence-electron chi connectivity index (χ2n) is 5.02. The Kier molecular flexibility index (Phi) is 5.03. The maximum Gasteiger partial charge on any atom is 0.0811 e. The maximum absolute atomic E-state index is 9.00. The van der Waals surface area contributed by atoms with Gasteiger partial charge in [0.05, 0.1) is 18.8 Å². The topological polar surface area (TPSA) is 32.7 Å². The summed E-state index contributed by atoms with van der Waals surface area (Å²) in [6.45, 7) is 10.0. The average Bonchev–Trinajstić information content (AvgIpc) is 2.60. The summed E-state index contributed by atoms with van der Waals surface area (Å²) in [4.78, 5) is 2.45. The molecule has 1 aliphatic rings. The van der Waals surface area contributed by atoms with Crippen LogP contribution < -0.4 is 0 Å². The Bertz CT molecular complexity index is 174. The summed E-state index contributed by atoms with van der Waals surface area (Å²) in [7, 11) is 0. The molecule has 1 aliphatic heterocycles. The van der Waals surface area contributed by atoms with Crippen molar-refractivity contribution in [1.82, 2.24) is 4.90 Å². The Morgan fingerprint density at radius 1 is 1.13 bits per heavy atom. The SMILES string of the molecule is CC(C)N(C[C@@H]1CC[C@H](CO)O1)C(C)C. The minimum atomic E-state index is 0.0798. The molecule has 3 heteroatoms. The predicted octanol–water partition coefficient (Wildman–Crippen LogP) is 1.65. The first-order valence-corrected chi connectivity index (χ1v) is 6.06. The molecular weight excluding hydrogens is 190 g/mol. The van der Waals surface area contributed by atoms with Gasteiger partial charge in [0.25, 0.3) is 0 Å². The zero-order valence-corrected chi connectivity index (χ0v) is 10.4. The van der Waals surface area contributed by atoms with Gasteiger partial charge in [-0.15, -0.1) is 0 Å². The van der Waals surface area contributed by atoms with E-state index in [0.717, 1.165) is 19.4 Å². The smallest absolute Gasteiger partial charge is 0.0811 e. The van der Waals surface area contributed by atoms with E-state index >= 15 is 0 Å². The number of aliphatic hydroxyl groups excluding tert-OH is 1. The van der Waals surface area contributed by atoms with Gasteiger partial charge in [0.15, 0.2) is 0 Å². The van der Waals surface area contributed by atoms with Crippen LogP contribution >= 0.6 is 0 Å². The fourth-order valence-electron chi connectivity index (χ4n) is 2.30. The minimum Gasteiger partial charge on any atom is -0.394 e. The molecule has 1 fully saturated rings.